The molecular formula is C12H13ClN2O2. The largest absolute Gasteiger partial charge is 0.273 e. The molecule has 2 amide bonds. The zero-order valence-electron chi connectivity index (χ0n) is 9.20. The van der Waals surface area contributed by atoms with Crippen molar-refractivity contribution in [2.24, 2.45) is 5.92 Å². The molecule has 1 aromatic carbocycles. The Morgan fingerprint density at radius 3 is 2.59 bits per heavy atom. The van der Waals surface area contributed by atoms with Gasteiger partial charge in [-0.1, -0.05) is 29.8 Å². The number of carbonyl (C=O) groups excluding carboxylic acids is 2. The van der Waals surface area contributed by atoms with Crippen molar-refractivity contribution in [3.63, 3.8) is 0 Å². The fourth-order valence-electron chi connectivity index (χ4n) is 1.44. The van der Waals surface area contributed by atoms with E-state index >= 15 is 0 Å². The van der Waals surface area contributed by atoms with Gasteiger partial charge >= 0.3 is 0 Å². The van der Waals surface area contributed by atoms with Gasteiger partial charge < -0.3 is 0 Å². The van der Waals surface area contributed by atoms with Crippen LogP contribution in [0.25, 0.3) is 0 Å². The van der Waals surface area contributed by atoms with Crippen LogP contribution in [0.2, 0.25) is 5.02 Å². The number of hydrazine groups is 1. The highest BCUT2D eigenvalue weighted by Crippen LogP contribution is 2.28. The van der Waals surface area contributed by atoms with Crippen molar-refractivity contribution in [2.45, 2.75) is 19.3 Å². The molecule has 0 bridgehead atoms. The topological polar surface area (TPSA) is 58.2 Å². The van der Waals surface area contributed by atoms with Crippen molar-refractivity contribution in [3.8, 4) is 0 Å². The molecule has 2 N–H and O–H groups in total. The Bertz CT molecular complexity index is 444. The zero-order chi connectivity index (χ0) is 12.3. The number of benzene rings is 1. The lowest BCUT2D eigenvalue weighted by Gasteiger charge is -2.07. The third kappa shape index (κ3) is 3.46. The number of nitrogens with one attached hydrogen (secondary N) is 2. The molecule has 1 aliphatic carbocycles. The van der Waals surface area contributed by atoms with Gasteiger partial charge in [0.15, 0.2) is 0 Å². The molecule has 0 saturated heterocycles. The van der Waals surface area contributed by atoms with E-state index < -0.39 is 0 Å². The van der Waals surface area contributed by atoms with Gasteiger partial charge in [0.2, 0.25) is 11.8 Å². The lowest BCUT2D eigenvalue weighted by atomic mass is 10.1. The smallest absolute Gasteiger partial charge is 0.242 e. The van der Waals surface area contributed by atoms with Crippen LogP contribution in [0.1, 0.15) is 18.4 Å². The Morgan fingerprint density at radius 1 is 1.24 bits per heavy atom. The van der Waals surface area contributed by atoms with Crippen LogP contribution in [0.15, 0.2) is 24.3 Å². The second-order valence-electron chi connectivity index (χ2n) is 4.08. The first kappa shape index (κ1) is 11.9. The number of hydrogen-bond acceptors (Lipinski definition) is 2. The lowest BCUT2D eigenvalue weighted by Crippen LogP contribution is -2.43. The zero-order valence-corrected chi connectivity index (χ0v) is 9.96. The van der Waals surface area contributed by atoms with Gasteiger partial charge in [-0.3, -0.25) is 20.4 Å². The molecule has 90 valence electrons. The molecule has 1 aromatic rings. The van der Waals surface area contributed by atoms with E-state index in [-0.39, 0.29) is 24.2 Å². The van der Waals surface area contributed by atoms with Gasteiger partial charge in [0, 0.05) is 10.9 Å². The fraction of sp³-hybridized carbons (Fsp3) is 0.333. The summed E-state index contributed by atoms with van der Waals surface area (Å²) in [6.07, 6.45) is 1.98. The van der Waals surface area contributed by atoms with Crippen LogP contribution in [0.4, 0.5) is 0 Å². The van der Waals surface area contributed by atoms with Crippen LogP contribution in [0, 0.1) is 5.92 Å². The summed E-state index contributed by atoms with van der Waals surface area (Å²) in [4.78, 5) is 22.8. The van der Waals surface area contributed by atoms with Crippen LogP contribution >= 0.6 is 11.6 Å². The Kier molecular flexibility index (Phi) is 3.64. The minimum Gasteiger partial charge on any atom is -0.273 e. The molecule has 1 saturated carbocycles. The van der Waals surface area contributed by atoms with E-state index in [0.29, 0.717) is 5.02 Å². The van der Waals surface area contributed by atoms with Crippen molar-refractivity contribution < 1.29 is 9.59 Å². The van der Waals surface area contributed by atoms with Crippen LogP contribution in [0.5, 0.6) is 0 Å². The predicted octanol–water partition coefficient (Wildman–Crippen LogP) is 1.44. The fourth-order valence-corrected chi connectivity index (χ4v) is 1.64. The summed E-state index contributed by atoms with van der Waals surface area (Å²) in [7, 11) is 0. The molecular weight excluding hydrogens is 240 g/mol. The van der Waals surface area contributed by atoms with Gasteiger partial charge in [-0.25, -0.2) is 0 Å². The number of rotatable bonds is 3. The van der Waals surface area contributed by atoms with E-state index in [2.05, 4.69) is 10.9 Å². The van der Waals surface area contributed by atoms with Gasteiger partial charge in [-0.05, 0) is 24.5 Å². The predicted molar refractivity (Wildman–Crippen MR) is 64.2 cm³/mol. The van der Waals surface area contributed by atoms with Crippen molar-refractivity contribution in [1.82, 2.24) is 10.9 Å². The molecule has 1 fully saturated rings. The van der Waals surface area contributed by atoms with E-state index in [1.807, 2.05) is 6.07 Å². The summed E-state index contributed by atoms with van der Waals surface area (Å²) in [5, 5.41) is 0.552. The maximum atomic E-state index is 11.5. The summed E-state index contributed by atoms with van der Waals surface area (Å²) >= 11 is 5.92. The van der Waals surface area contributed by atoms with E-state index in [1.54, 1.807) is 18.2 Å². The van der Waals surface area contributed by atoms with Crippen LogP contribution in [0.3, 0.4) is 0 Å². The number of amides is 2. The van der Waals surface area contributed by atoms with Crippen molar-refractivity contribution in [3.05, 3.63) is 34.9 Å². The van der Waals surface area contributed by atoms with Gasteiger partial charge in [-0.15, -0.1) is 0 Å². The lowest BCUT2D eigenvalue weighted by molar-refractivity contribution is -0.129. The molecule has 2 rings (SSSR count). The van der Waals surface area contributed by atoms with Crippen LogP contribution in [-0.2, 0) is 16.0 Å². The van der Waals surface area contributed by atoms with Crippen LogP contribution in [-0.4, -0.2) is 11.8 Å². The SMILES string of the molecule is O=C(Cc1ccccc1Cl)NNC(=O)C1CC1. The monoisotopic (exact) mass is 252 g/mol. The summed E-state index contributed by atoms with van der Waals surface area (Å²) in [5.74, 6) is -0.305. The molecule has 0 spiro atoms. The summed E-state index contributed by atoms with van der Waals surface area (Å²) in [6, 6.07) is 7.13. The maximum absolute atomic E-state index is 11.5. The molecule has 4 nitrogen and oxygen atoms in total. The molecule has 0 aromatic heterocycles. The first-order chi connectivity index (χ1) is 8.16. The molecule has 0 unspecified atom stereocenters. The second kappa shape index (κ2) is 5.19. The quantitative estimate of drug-likeness (QED) is 0.800. The highest BCUT2D eigenvalue weighted by atomic mass is 35.5. The summed E-state index contributed by atoms with van der Waals surface area (Å²) < 4.78 is 0. The molecule has 0 atom stereocenters. The van der Waals surface area contributed by atoms with Crippen molar-refractivity contribution in [1.29, 1.82) is 0 Å². The second-order valence-corrected chi connectivity index (χ2v) is 4.49. The number of carbonyl (C=O) groups is 2. The Hall–Kier alpha value is -1.55. The minimum atomic E-state index is -0.271. The Labute approximate surface area is 104 Å². The normalized spacial score (nSPS) is 14.2. The molecule has 5 heteroatoms. The van der Waals surface area contributed by atoms with Gasteiger partial charge in [0.1, 0.15) is 0 Å². The molecule has 0 aliphatic heterocycles. The molecule has 1 aliphatic rings. The van der Waals surface area contributed by atoms with E-state index in [0.717, 1.165) is 18.4 Å². The summed E-state index contributed by atoms with van der Waals surface area (Å²) in [5.41, 5.74) is 5.53. The third-order valence-corrected chi connectivity index (χ3v) is 2.95. The summed E-state index contributed by atoms with van der Waals surface area (Å²) in [6.45, 7) is 0. The number of hydrogen-bond donors (Lipinski definition) is 2. The highest BCUT2D eigenvalue weighted by molar-refractivity contribution is 6.31. The minimum absolute atomic E-state index is 0.0793. The average molecular weight is 253 g/mol. The van der Waals surface area contributed by atoms with Gasteiger partial charge in [-0.2, -0.15) is 0 Å². The first-order valence-corrected chi connectivity index (χ1v) is 5.86. The maximum Gasteiger partial charge on any atom is 0.242 e. The van der Waals surface area contributed by atoms with E-state index in [9.17, 15) is 9.59 Å². The highest BCUT2D eigenvalue weighted by Gasteiger charge is 2.29. The number of halogens is 1. The first-order valence-electron chi connectivity index (χ1n) is 5.49. The average Bonchev–Trinajstić information content (AvgIpc) is 3.13. The molecule has 0 radical (unpaired) electrons. The Morgan fingerprint density at radius 2 is 1.94 bits per heavy atom. The standard InChI is InChI=1S/C12H13ClN2O2/c13-10-4-2-1-3-9(10)7-11(16)14-15-12(17)8-5-6-8/h1-4,8H,5-7H2,(H,14,16)(H,15,17). The van der Waals surface area contributed by atoms with Crippen LogP contribution < -0.4 is 10.9 Å². The van der Waals surface area contributed by atoms with Crippen molar-refractivity contribution >= 4 is 23.4 Å². The molecule has 0 heterocycles. The Balaban J connectivity index is 1.80. The molecule has 17 heavy (non-hydrogen) atoms. The van der Waals surface area contributed by atoms with Gasteiger partial charge in [0.05, 0.1) is 6.42 Å². The van der Waals surface area contributed by atoms with Crippen molar-refractivity contribution in [2.75, 3.05) is 0 Å². The van der Waals surface area contributed by atoms with E-state index in [4.69, 9.17) is 11.6 Å². The van der Waals surface area contributed by atoms with E-state index in [1.165, 1.54) is 0 Å². The van der Waals surface area contributed by atoms with Gasteiger partial charge in [0.25, 0.3) is 0 Å². The third-order valence-electron chi connectivity index (χ3n) is 2.58.